The number of thiocarbonyl (C=S) groups is 2. The Balaban J connectivity index is -0.0000000739. The first kappa shape index (κ1) is 36.8. The molecule has 0 unspecified atom stereocenters. The summed E-state index contributed by atoms with van der Waals surface area (Å²) in [5.74, 6) is 0. The fraction of sp³-hybridized carbons (Fsp3) is 0.778. The predicted octanol–water partition coefficient (Wildman–Crippen LogP) is 5.91. The molecule has 0 saturated carbocycles. The van der Waals surface area contributed by atoms with Crippen molar-refractivity contribution < 1.29 is 21.1 Å². The van der Waals surface area contributed by atoms with Crippen LogP contribution in [0.3, 0.4) is 0 Å². The van der Waals surface area contributed by atoms with E-state index in [0.29, 0.717) is 0 Å². The molecule has 0 aliphatic carbocycles. The van der Waals surface area contributed by atoms with Crippen LogP contribution in [0.5, 0.6) is 0 Å². The van der Waals surface area contributed by atoms with Gasteiger partial charge >= 0.3 is 21.1 Å². The third kappa shape index (κ3) is 110. The molecule has 0 amide bonds. The van der Waals surface area contributed by atoms with E-state index in [9.17, 15) is 0 Å². The van der Waals surface area contributed by atoms with Gasteiger partial charge < -0.3 is 75.0 Å². The first-order valence-electron chi connectivity index (χ1n) is 8.81. The smallest absolute Gasteiger partial charge is 0.415 e. The van der Waals surface area contributed by atoms with Gasteiger partial charge in [0, 0.05) is 0 Å². The van der Waals surface area contributed by atoms with Gasteiger partial charge in [0.2, 0.25) is 0 Å². The van der Waals surface area contributed by atoms with Gasteiger partial charge in [-0.05, 0) is 0 Å². The van der Waals surface area contributed by atoms with Crippen molar-refractivity contribution in [3.8, 4) is 0 Å². The molecular weight excluding hydrogens is 468 g/mol. The van der Waals surface area contributed by atoms with Gasteiger partial charge in [-0.25, -0.2) is 0 Å². The number of hydrogen-bond acceptors (Lipinski definition) is 4. The Morgan fingerprint density at radius 1 is 0.680 bits per heavy atom. The van der Waals surface area contributed by atoms with Crippen LogP contribution >= 0.6 is 24.4 Å². The van der Waals surface area contributed by atoms with Crippen LogP contribution in [0, 0.1) is 13.8 Å². The number of unbranched alkanes of at least 4 members (excludes halogenated alkanes) is 10. The van der Waals surface area contributed by atoms with E-state index in [1.807, 2.05) is 0 Å². The quantitative estimate of drug-likeness (QED) is 0.126. The van der Waals surface area contributed by atoms with Crippen LogP contribution < -0.4 is 11.5 Å². The predicted molar refractivity (Wildman–Crippen MR) is 126 cm³/mol. The van der Waals surface area contributed by atoms with Crippen molar-refractivity contribution in [3.05, 3.63) is 13.8 Å². The van der Waals surface area contributed by atoms with Gasteiger partial charge in [-0.1, -0.05) is 86.7 Å². The second kappa shape index (κ2) is 39.8. The normalized spacial score (nSPS) is 8.16. The molecule has 2 nitrogen and oxygen atoms in total. The molecule has 0 fully saturated rings. The molecule has 0 atom stereocenters. The molecule has 25 heavy (non-hydrogen) atoms. The minimum absolute atomic E-state index is 0. The average molecular weight is 507 g/mol. The van der Waals surface area contributed by atoms with Gasteiger partial charge in [0.05, 0.1) is 0 Å². The van der Waals surface area contributed by atoms with E-state index >= 15 is 0 Å². The van der Waals surface area contributed by atoms with Crippen LogP contribution in [-0.4, -0.2) is 8.64 Å². The van der Waals surface area contributed by atoms with E-state index in [4.69, 9.17) is 0 Å². The maximum absolute atomic E-state index is 4.66. The zero-order valence-electron chi connectivity index (χ0n) is 16.1. The van der Waals surface area contributed by atoms with Crippen LogP contribution in [-0.2, 0) is 46.3 Å². The summed E-state index contributed by atoms with van der Waals surface area (Å²) in [4.78, 5) is 0. The Bertz CT molecular complexity index is 199. The molecule has 0 aromatic rings. The Kier molecular flexibility index (Phi) is 58.6. The fourth-order valence-electron chi connectivity index (χ4n) is 1.56. The summed E-state index contributed by atoms with van der Waals surface area (Å²) in [5, 5.41) is 0. The van der Waals surface area contributed by atoms with Crippen molar-refractivity contribution in [2.75, 3.05) is 0 Å². The Morgan fingerprint density at radius 3 is 1.04 bits per heavy atom. The van der Waals surface area contributed by atoms with Crippen molar-refractivity contribution in [1.82, 2.24) is 0 Å². The molecule has 0 saturated heterocycles. The summed E-state index contributed by atoms with van der Waals surface area (Å²) in [7, 11) is 0. The summed E-state index contributed by atoms with van der Waals surface area (Å²) in [5.41, 5.74) is 9.31. The fourth-order valence-corrected chi connectivity index (χ4v) is 1.56. The molecule has 7 heteroatoms. The van der Waals surface area contributed by atoms with E-state index in [0.717, 1.165) is 12.8 Å². The molecule has 0 aromatic heterocycles. The average Bonchev–Trinajstić information content (AvgIpc) is 2.48. The van der Waals surface area contributed by atoms with Crippen LogP contribution in [0.1, 0.15) is 90.9 Å². The minimum Gasteiger partial charge on any atom is -0.415 e. The van der Waals surface area contributed by atoms with E-state index in [1.165, 1.54) is 64.2 Å². The zero-order valence-corrected chi connectivity index (χ0v) is 21.4. The first-order chi connectivity index (χ1) is 11.3. The van der Waals surface area contributed by atoms with Crippen LogP contribution in [0.2, 0.25) is 0 Å². The van der Waals surface area contributed by atoms with Crippen molar-refractivity contribution in [1.29, 1.82) is 0 Å². The molecular formula is C18H38MoN2S4. The molecule has 0 aliphatic heterocycles. The van der Waals surface area contributed by atoms with Crippen LogP contribution in [0.15, 0.2) is 0 Å². The minimum atomic E-state index is 0. The standard InChI is InChI=1S/2C8H17.2CH3NS2.Mo/c2*1-3-5-7-8-6-4-2;2*2-1(3)4;/h2*1,3-8H2,2H3;2*(H3,2,3,4);/q2*-1;;;+4/p-2. The second-order valence-electron chi connectivity index (χ2n) is 5.17. The molecule has 0 bridgehead atoms. The summed E-state index contributed by atoms with van der Waals surface area (Å²) in [6.07, 6.45) is 16.0. The molecule has 0 rings (SSSR count). The molecule has 0 radical (unpaired) electrons. The van der Waals surface area contributed by atoms with E-state index in [2.05, 4.69) is 88.9 Å². The number of nitrogens with two attached hydrogens (primary N) is 2. The topological polar surface area (TPSA) is 52.0 Å². The maximum atomic E-state index is 4.66. The first-order valence-corrected chi connectivity index (χ1v) is 10.4. The molecule has 4 N–H and O–H groups in total. The van der Waals surface area contributed by atoms with Gasteiger partial charge in [0.25, 0.3) is 0 Å². The van der Waals surface area contributed by atoms with Gasteiger partial charge in [0.1, 0.15) is 0 Å². The maximum Gasteiger partial charge on any atom is 4.00 e. The Hall–Kier alpha value is 0.908. The molecule has 150 valence electrons. The van der Waals surface area contributed by atoms with Crippen molar-refractivity contribution in [2.45, 2.75) is 90.9 Å². The van der Waals surface area contributed by atoms with Gasteiger partial charge in [-0.2, -0.15) is 12.8 Å². The number of hydrogen-bond donors (Lipinski definition) is 2. The van der Waals surface area contributed by atoms with Gasteiger partial charge in [-0.15, -0.1) is 0 Å². The van der Waals surface area contributed by atoms with Crippen molar-refractivity contribution in [3.63, 3.8) is 0 Å². The SMILES string of the molecule is NC(=S)[S-].NC(=S)[S-].[CH2-]CCCCCCC.[CH2-]CCCCCCC.[Mo+4]. The Labute approximate surface area is 194 Å². The monoisotopic (exact) mass is 508 g/mol. The molecule has 0 spiro atoms. The summed E-state index contributed by atoms with van der Waals surface area (Å²) < 4.78 is 0.167. The van der Waals surface area contributed by atoms with Gasteiger partial charge in [0.15, 0.2) is 0 Å². The second-order valence-corrected chi connectivity index (χ2v) is 7.45. The summed E-state index contributed by atoms with van der Waals surface area (Å²) in [6, 6.07) is 0. The number of rotatable bonds is 10. The third-order valence-corrected chi connectivity index (χ3v) is 2.71. The Morgan fingerprint density at radius 2 is 0.880 bits per heavy atom. The van der Waals surface area contributed by atoms with Crippen molar-refractivity contribution >= 4 is 58.3 Å². The third-order valence-electron chi connectivity index (χ3n) is 2.71. The van der Waals surface area contributed by atoms with E-state index < -0.39 is 0 Å². The van der Waals surface area contributed by atoms with E-state index in [1.54, 1.807) is 0 Å². The van der Waals surface area contributed by atoms with E-state index in [-0.39, 0.29) is 29.7 Å². The molecule has 0 aromatic carbocycles. The molecule has 0 heterocycles. The summed E-state index contributed by atoms with van der Waals surface area (Å²) in [6.45, 7) is 12.0. The molecule has 0 aliphatic rings. The largest absolute Gasteiger partial charge is 4.00 e. The van der Waals surface area contributed by atoms with Crippen molar-refractivity contribution in [2.24, 2.45) is 11.5 Å². The van der Waals surface area contributed by atoms with Gasteiger partial charge in [-0.3, -0.25) is 0 Å². The van der Waals surface area contributed by atoms with Crippen LogP contribution in [0.4, 0.5) is 0 Å². The summed E-state index contributed by atoms with van der Waals surface area (Å²) >= 11 is 16.5. The zero-order chi connectivity index (χ0) is 19.6. The van der Waals surface area contributed by atoms with Crippen LogP contribution in [0.25, 0.3) is 0 Å².